The van der Waals surface area contributed by atoms with Gasteiger partial charge in [0, 0.05) is 6.54 Å². The largest absolute Gasteiger partial charge is 0.387 e. The van der Waals surface area contributed by atoms with Crippen molar-refractivity contribution in [2.45, 2.75) is 12.5 Å². The number of hydrogen-bond donors (Lipinski definition) is 2. The molecule has 0 spiro atoms. The van der Waals surface area contributed by atoms with Gasteiger partial charge in [-0.1, -0.05) is 0 Å². The third-order valence-corrected chi connectivity index (χ3v) is 1.21. The van der Waals surface area contributed by atoms with Crippen LogP contribution in [0.4, 0.5) is 0 Å². The summed E-state index contributed by atoms with van der Waals surface area (Å²) in [4.78, 5) is 1.87. The number of rotatable bonds is 4. The van der Waals surface area contributed by atoms with Crippen molar-refractivity contribution < 1.29 is 5.11 Å². The molecule has 0 heterocycles. The van der Waals surface area contributed by atoms with Crippen LogP contribution in [0.5, 0.6) is 0 Å². The van der Waals surface area contributed by atoms with Crippen LogP contribution in [0.2, 0.25) is 0 Å². The summed E-state index contributed by atoms with van der Waals surface area (Å²) in [6, 6.07) is 0. The van der Waals surface area contributed by atoms with Crippen molar-refractivity contribution in [3.63, 3.8) is 0 Å². The standard InChI is InChI=1S/C7H15N3O/c1-7(11,4-9-6-8)5-10(2)3/h9,11H,4-5H2,1-3H3. The van der Waals surface area contributed by atoms with Crippen molar-refractivity contribution in [2.75, 3.05) is 27.2 Å². The molecule has 0 rings (SSSR count). The number of aliphatic hydroxyl groups is 1. The van der Waals surface area contributed by atoms with Gasteiger partial charge >= 0.3 is 0 Å². The lowest BCUT2D eigenvalue weighted by Crippen LogP contribution is -2.44. The van der Waals surface area contributed by atoms with Crippen LogP contribution in [0.15, 0.2) is 0 Å². The summed E-state index contributed by atoms with van der Waals surface area (Å²) in [5.74, 6) is 0. The molecular formula is C7H15N3O. The van der Waals surface area contributed by atoms with Crippen LogP contribution in [-0.4, -0.2) is 42.8 Å². The van der Waals surface area contributed by atoms with E-state index >= 15 is 0 Å². The smallest absolute Gasteiger partial charge is 0.176 e. The van der Waals surface area contributed by atoms with Gasteiger partial charge in [-0.15, -0.1) is 0 Å². The summed E-state index contributed by atoms with van der Waals surface area (Å²) < 4.78 is 0. The summed E-state index contributed by atoms with van der Waals surface area (Å²) in [6.45, 7) is 2.53. The Labute approximate surface area is 67.4 Å². The van der Waals surface area contributed by atoms with Gasteiger partial charge < -0.3 is 15.3 Å². The Hall–Kier alpha value is -0.790. The predicted octanol–water partition coefficient (Wildman–Crippen LogP) is -0.630. The predicted molar refractivity (Wildman–Crippen MR) is 42.8 cm³/mol. The maximum atomic E-state index is 9.56. The highest BCUT2D eigenvalue weighted by atomic mass is 16.3. The molecule has 2 N–H and O–H groups in total. The second-order valence-electron chi connectivity index (χ2n) is 3.20. The zero-order valence-electron chi connectivity index (χ0n) is 7.26. The van der Waals surface area contributed by atoms with E-state index in [-0.39, 0.29) is 0 Å². The molecule has 0 aromatic rings. The van der Waals surface area contributed by atoms with E-state index < -0.39 is 5.60 Å². The number of nitriles is 1. The Kier molecular flexibility index (Phi) is 3.86. The van der Waals surface area contributed by atoms with Crippen LogP contribution in [0.25, 0.3) is 0 Å². The molecule has 0 aliphatic rings. The first-order valence-electron chi connectivity index (χ1n) is 3.47. The number of nitrogens with one attached hydrogen (secondary N) is 1. The second-order valence-corrected chi connectivity index (χ2v) is 3.20. The summed E-state index contributed by atoms with van der Waals surface area (Å²) in [5.41, 5.74) is -0.834. The molecule has 0 radical (unpaired) electrons. The van der Waals surface area contributed by atoms with E-state index in [4.69, 9.17) is 5.26 Å². The van der Waals surface area contributed by atoms with Crippen LogP contribution >= 0.6 is 0 Å². The first-order chi connectivity index (χ1) is 4.98. The zero-order chi connectivity index (χ0) is 8.91. The van der Waals surface area contributed by atoms with Crippen molar-refractivity contribution in [3.8, 4) is 6.19 Å². The molecule has 0 aliphatic heterocycles. The molecular weight excluding hydrogens is 142 g/mol. The van der Waals surface area contributed by atoms with E-state index in [0.717, 1.165) is 0 Å². The average molecular weight is 157 g/mol. The summed E-state index contributed by atoms with van der Waals surface area (Å²) in [7, 11) is 3.75. The molecule has 0 aromatic carbocycles. The molecule has 0 amide bonds. The highest BCUT2D eigenvalue weighted by molar-refractivity contribution is 4.81. The number of likely N-dealkylation sites (N-methyl/N-ethyl adjacent to an activating group) is 1. The fourth-order valence-corrected chi connectivity index (χ4v) is 0.967. The quantitative estimate of drug-likeness (QED) is 0.421. The van der Waals surface area contributed by atoms with Crippen LogP contribution in [-0.2, 0) is 0 Å². The van der Waals surface area contributed by atoms with Gasteiger partial charge in [0.25, 0.3) is 0 Å². The van der Waals surface area contributed by atoms with Gasteiger partial charge in [0.1, 0.15) is 0 Å². The van der Waals surface area contributed by atoms with Gasteiger partial charge in [0.15, 0.2) is 6.19 Å². The molecule has 0 fully saturated rings. The fraction of sp³-hybridized carbons (Fsp3) is 0.857. The SMILES string of the molecule is CN(C)CC(C)(O)CNC#N. The first kappa shape index (κ1) is 10.2. The Morgan fingerprint density at radius 2 is 2.18 bits per heavy atom. The third kappa shape index (κ3) is 5.64. The van der Waals surface area contributed by atoms with Crippen LogP contribution in [0.3, 0.4) is 0 Å². The molecule has 4 heteroatoms. The third-order valence-electron chi connectivity index (χ3n) is 1.21. The summed E-state index contributed by atoms with van der Waals surface area (Å²) >= 11 is 0. The molecule has 11 heavy (non-hydrogen) atoms. The van der Waals surface area contributed by atoms with E-state index in [1.165, 1.54) is 0 Å². The van der Waals surface area contributed by atoms with Crippen LogP contribution in [0, 0.1) is 11.5 Å². The summed E-state index contributed by atoms with van der Waals surface area (Å²) in [6.07, 6.45) is 1.77. The van der Waals surface area contributed by atoms with Crippen molar-refractivity contribution in [1.29, 1.82) is 5.26 Å². The van der Waals surface area contributed by atoms with Crippen molar-refractivity contribution in [1.82, 2.24) is 10.2 Å². The van der Waals surface area contributed by atoms with E-state index in [1.54, 1.807) is 13.1 Å². The number of hydrogen-bond acceptors (Lipinski definition) is 4. The maximum Gasteiger partial charge on any atom is 0.176 e. The van der Waals surface area contributed by atoms with Gasteiger partial charge in [-0.2, -0.15) is 5.26 Å². The molecule has 64 valence electrons. The van der Waals surface area contributed by atoms with Gasteiger partial charge in [-0.25, -0.2) is 0 Å². The van der Waals surface area contributed by atoms with Gasteiger partial charge in [0.2, 0.25) is 0 Å². The lowest BCUT2D eigenvalue weighted by Gasteiger charge is -2.25. The minimum Gasteiger partial charge on any atom is -0.387 e. The Morgan fingerprint density at radius 1 is 1.64 bits per heavy atom. The zero-order valence-corrected chi connectivity index (χ0v) is 7.26. The molecule has 4 nitrogen and oxygen atoms in total. The first-order valence-corrected chi connectivity index (χ1v) is 3.47. The minimum absolute atomic E-state index is 0.293. The minimum atomic E-state index is -0.834. The summed E-state index contributed by atoms with van der Waals surface area (Å²) in [5, 5.41) is 20.2. The van der Waals surface area contributed by atoms with Crippen LogP contribution in [0.1, 0.15) is 6.92 Å². The highest BCUT2D eigenvalue weighted by Crippen LogP contribution is 2.01. The van der Waals surface area contributed by atoms with Crippen LogP contribution < -0.4 is 5.32 Å². The average Bonchev–Trinajstić information content (AvgIpc) is 1.81. The van der Waals surface area contributed by atoms with E-state index in [9.17, 15) is 5.11 Å². The van der Waals surface area contributed by atoms with Crippen molar-refractivity contribution in [2.24, 2.45) is 0 Å². The van der Waals surface area contributed by atoms with Gasteiger partial charge in [0.05, 0.1) is 12.1 Å². The van der Waals surface area contributed by atoms with Gasteiger partial charge in [-0.05, 0) is 21.0 Å². The highest BCUT2D eigenvalue weighted by Gasteiger charge is 2.20. The van der Waals surface area contributed by atoms with E-state index in [1.807, 2.05) is 19.0 Å². The Morgan fingerprint density at radius 3 is 2.55 bits per heavy atom. The monoisotopic (exact) mass is 157 g/mol. The van der Waals surface area contributed by atoms with E-state index in [2.05, 4.69) is 5.32 Å². The maximum absolute atomic E-state index is 9.56. The van der Waals surface area contributed by atoms with Crippen molar-refractivity contribution >= 4 is 0 Å². The lowest BCUT2D eigenvalue weighted by molar-refractivity contribution is 0.0372. The van der Waals surface area contributed by atoms with E-state index in [0.29, 0.717) is 13.1 Å². The Balaban J connectivity index is 3.72. The molecule has 0 bridgehead atoms. The number of nitrogens with zero attached hydrogens (tertiary/aromatic N) is 2. The molecule has 1 atom stereocenters. The molecule has 0 aromatic heterocycles. The molecule has 1 unspecified atom stereocenters. The Bertz CT molecular complexity index is 148. The topological polar surface area (TPSA) is 59.3 Å². The van der Waals surface area contributed by atoms with Gasteiger partial charge in [-0.3, -0.25) is 0 Å². The molecule has 0 aliphatic carbocycles. The fourth-order valence-electron chi connectivity index (χ4n) is 0.967. The second kappa shape index (κ2) is 4.16. The van der Waals surface area contributed by atoms with Crippen molar-refractivity contribution in [3.05, 3.63) is 0 Å². The molecule has 0 saturated carbocycles. The normalized spacial score (nSPS) is 15.6. The molecule has 0 saturated heterocycles. The lowest BCUT2D eigenvalue weighted by atomic mass is 10.1.